The minimum atomic E-state index is -0.0223. The molecule has 2 fully saturated rings. The summed E-state index contributed by atoms with van der Waals surface area (Å²) in [6.45, 7) is 4.22. The van der Waals surface area contributed by atoms with Crippen molar-refractivity contribution in [3.8, 4) is 17.1 Å². The lowest BCUT2D eigenvalue weighted by molar-refractivity contribution is -0.140. The predicted molar refractivity (Wildman–Crippen MR) is 140 cm³/mol. The molecule has 1 atom stereocenters. The Labute approximate surface area is 213 Å². The number of hydrogen-bond acceptors (Lipinski definition) is 6. The molecule has 2 aliphatic rings. The van der Waals surface area contributed by atoms with Crippen molar-refractivity contribution in [2.45, 2.75) is 64.5 Å². The second-order valence-electron chi connectivity index (χ2n) is 10.1. The van der Waals surface area contributed by atoms with Crippen molar-refractivity contribution < 1.29 is 14.1 Å². The largest absolute Gasteiger partial charge is 0.497 e. The van der Waals surface area contributed by atoms with E-state index in [1.165, 1.54) is 17.7 Å². The molecule has 5 rings (SSSR count). The third kappa shape index (κ3) is 5.55. The zero-order valence-corrected chi connectivity index (χ0v) is 21.4. The molecule has 0 spiro atoms. The number of carbonyl (C=O) groups excluding carboxylic acids is 1. The molecule has 1 amide bonds. The fourth-order valence-corrected chi connectivity index (χ4v) is 5.51. The number of amides is 1. The zero-order chi connectivity index (χ0) is 24.9. The third-order valence-corrected chi connectivity index (χ3v) is 7.59. The number of carbonyl (C=O) groups is 1. The maximum Gasteiger partial charge on any atom is 0.246 e. The van der Waals surface area contributed by atoms with Gasteiger partial charge in [-0.2, -0.15) is 4.98 Å². The van der Waals surface area contributed by atoms with Gasteiger partial charge in [-0.15, -0.1) is 0 Å². The average Bonchev–Trinajstić information content (AvgIpc) is 3.41. The second-order valence-corrected chi connectivity index (χ2v) is 10.1. The summed E-state index contributed by atoms with van der Waals surface area (Å²) in [7, 11) is 1.64. The number of benzene rings is 2. The number of piperidine rings is 1. The quantitative estimate of drug-likeness (QED) is 0.429. The number of aromatic nitrogens is 2. The van der Waals surface area contributed by atoms with E-state index in [-0.39, 0.29) is 17.9 Å². The standard InChI is InChI=1S/C29H36N4O3/c1-21-10-14-24(15-11-21)32-18-6-7-23(19-32)29(34)33(25-8-4-3-5-9-25)20-27-30-28(31-36-27)22-12-16-26(35-2)17-13-22/h10-17,23,25H,3-9,18-20H2,1-2H3/t23-/m1/s1. The van der Waals surface area contributed by atoms with Crippen LogP contribution in [0.1, 0.15) is 56.4 Å². The molecule has 1 aliphatic carbocycles. The molecule has 2 aromatic carbocycles. The van der Waals surface area contributed by atoms with Crippen molar-refractivity contribution in [1.29, 1.82) is 0 Å². The summed E-state index contributed by atoms with van der Waals surface area (Å²) in [5, 5.41) is 4.20. The van der Waals surface area contributed by atoms with Crippen LogP contribution in [0.5, 0.6) is 5.75 Å². The van der Waals surface area contributed by atoms with Crippen molar-refractivity contribution in [3.05, 3.63) is 60.0 Å². The van der Waals surface area contributed by atoms with Crippen molar-refractivity contribution >= 4 is 11.6 Å². The Bertz CT molecular complexity index is 1140. The molecule has 0 bridgehead atoms. The van der Waals surface area contributed by atoms with Gasteiger partial charge in [-0.05, 0) is 69.0 Å². The van der Waals surface area contributed by atoms with Crippen LogP contribution in [-0.2, 0) is 11.3 Å². The van der Waals surface area contributed by atoms with Gasteiger partial charge in [-0.3, -0.25) is 4.79 Å². The average molecular weight is 489 g/mol. The number of ether oxygens (including phenoxy) is 1. The predicted octanol–water partition coefficient (Wildman–Crippen LogP) is 5.63. The van der Waals surface area contributed by atoms with Gasteiger partial charge >= 0.3 is 0 Å². The van der Waals surface area contributed by atoms with Crippen LogP contribution in [0.2, 0.25) is 0 Å². The molecule has 7 heteroatoms. The van der Waals surface area contributed by atoms with Gasteiger partial charge in [0, 0.05) is 30.4 Å². The molecule has 3 aromatic rings. The fourth-order valence-electron chi connectivity index (χ4n) is 5.51. The summed E-state index contributed by atoms with van der Waals surface area (Å²) >= 11 is 0. The summed E-state index contributed by atoms with van der Waals surface area (Å²) in [6.07, 6.45) is 7.59. The van der Waals surface area contributed by atoms with E-state index in [0.29, 0.717) is 18.3 Å². The first-order valence-electron chi connectivity index (χ1n) is 13.2. The summed E-state index contributed by atoms with van der Waals surface area (Å²) in [6, 6.07) is 16.4. The van der Waals surface area contributed by atoms with Crippen LogP contribution in [0.4, 0.5) is 5.69 Å². The molecule has 36 heavy (non-hydrogen) atoms. The normalized spacial score (nSPS) is 18.7. The topological polar surface area (TPSA) is 71.7 Å². The van der Waals surface area contributed by atoms with E-state index in [0.717, 1.165) is 62.9 Å². The van der Waals surface area contributed by atoms with E-state index in [1.807, 2.05) is 29.2 Å². The Morgan fingerprint density at radius 1 is 1.03 bits per heavy atom. The molecule has 0 N–H and O–H groups in total. The van der Waals surface area contributed by atoms with Gasteiger partial charge in [-0.25, -0.2) is 0 Å². The van der Waals surface area contributed by atoms with E-state index in [9.17, 15) is 4.79 Å². The summed E-state index contributed by atoms with van der Waals surface area (Å²) in [5.41, 5.74) is 3.31. The van der Waals surface area contributed by atoms with Crippen LogP contribution in [0, 0.1) is 12.8 Å². The van der Waals surface area contributed by atoms with E-state index in [4.69, 9.17) is 9.26 Å². The number of rotatable bonds is 7. The molecule has 190 valence electrons. The Hall–Kier alpha value is -3.35. The third-order valence-electron chi connectivity index (χ3n) is 7.59. The maximum absolute atomic E-state index is 14.0. The smallest absolute Gasteiger partial charge is 0.246 e. The molecular formula is C29H36N4O3. The molecule has 0 unspecified atom stereocenters. The lowest BCUT2D eigenvalue weighted by atomic mass is 9.91. The molecule has 0 radical (unpaired) electrons. The lowest BCUT2D eigenvalue weighted by Crippen LogP contribution is -2.48. The number of nitrogens with zero attached hydrogens (tertiary/aromatic N) is 4. The van der Waals surface area contributed by atoms with Gasteiger partial charge in [0.15, 0.2) is 0 Å². The number of hydrogen-bond donors (Lipinski definition) is 0. The highest BCUT2D eigenvalue weighted by atomic mass is 16.5. The van der Waals surface area contributed by atoms with Crippen molar-refractivity contribution in [2.24, 2.45) is 5.92 Å². The first kappa shape index (κ1) is 24.3. The number of methoxy groups -OCH3 is 1. The minimum absolute atomic E-state index is 0.0223. The minimum Gasteiger partial charge on any atom is -0.497 e. The van der Waals surface area contributed by atoms with Gasteiger partial charge in [0.2, 0.25) is 17.6 Å². The highest BCUT2D eigenvalue weighted by molar-refractivity contribution is 5.80. The molecule has 1 saturated heterocycles. The monoisotopic (exact) mass is 488 g/mol. The summed E-state index contributed by atoms with van der Waals surface area (Å²) in [5.74, 6) is 2.01. The molecular weight excluding hydrogens is 452 g/mol. The first-order valence-corrected chi connectivity index (χ1v) is 13.2. The van der Waals surface area contributed by atoms with E-state index in [1.54, 1.807) is 7.11 Å². The Kier molecular flexibility index (Phi) is 7.54. The van der Waals surface area contributed by atoms with Crippen LogP contribution in [0.3, 0.4) is 0 Å². The van der Waals surface area contributed by atoms with Crippen LogP contribution in [0.25, 0.3) is 11.4 Å². The Balaban J connectivity index is 1.32. The summed E-state index contributed by atoms with van der Waals surface area (Å²) < 4.78 is 10.9. The van der Waals surface area contributed by atoms with Gasteiger partial charge in [0.25, 0.3) is 0 Å². The molecule has 2 heterocycles. The van der Waals surface area contributed by atoms with Crippen molar-refractivity contribution in [2.75, 3.05) is 25.1 Å². The van der Waals surface area contributed by atoms with Crippen LogP contribution in [-0.4, -0.2) is 47.2 Å². The second kappa shape index (κ2) is 11.1. The molecule has 1 aromatic heterocycles. The lowest BCUT2D eigenvalue weighted by Gasteiger charge is -2.39. The zero-order valence-electron chi connectivity index (χ0n) is 21.4. The number of aryl methyl sites for hydroxylation is 1. The van der Waals surface area contributed by atoms with E-state index < -0.39 is 0 Å². The van der Waals surface area contributed by atoms with Gasteiger partial charge in [0.1, 0.15) is 12.3 Å². The molecule has 1 saturated carbocycles. The van der Waals surface area contributed by atoms with Gasteiger partial charge in [0.05, 0.1) is 13.0 Å². The fraction of sp³-hybridized carbons (Fsp3) is 0.483. The van der Waals surface area contributed by atoms with Crippen molar-refractivity contribution in [3.63, 3.8) is 0 Å². The Morgan fingerprint density at radius 2 is 1.78 bits per heavy atom. The highest BCUT2D eigenvalue weighted by Gasteiger charge is 2.34. The SMILES string of the molecule is COc1ccc(-c2noc(CN(C(=O)[C@@H]3CCCN(c4ccc(C)cc4)C3)C3CCCCC3)n2)cc1. The highest BCUT2D eigenvalue weighted by Crippen LogP contribution is 2.30. The molecule has 1 aliphatic heterocycles. The van der Waals surface area contributed by atoms with Crippen LogP contribution in [0.15, 0.2) is 53.1 Å². The van der Waals surface area contributed by atoms with E-state index >= 15 is 0 Å². The van der Waals surface area contributed by atoms with Crippen LogP contribution < -0.4 is 9.64 Å². The van der Waals surface area contributed by atoms with Crippen molar-refractivity contribution in [1.82, 2.24) is 15.0 Å². The Morgan fingerprint density at radius 3 is 2.50 bits per heavy atom. The first-order chi connectivity index (χ1) is 17.6. The maximum atomic E-state index is 14.0. The number of anilines is 1. The van der Waals surface area contributed by atoms with Gasteiger partial charge < -0.3 is 19.1 Å². The van der Waals surface area contributed by atoms with Gasteiger partial charge in [-0.1, -0.05) is 42.1 Å². The molecule has 7 nitrogen and oxygen atoms in total. The van der Waals surface area contributed by atoms with E-state index in [2.05, 4.69) is 46.2 Å². The van der Waals surface area contributed by atoms with Crippen LogP contribution >= 0.6 is 0 Å². The summed E-state index contributed by atoms with van der Waals surface area (Å²) in [4.78, 5) is 23.0.